The molecule has 0 aliphatic carbocycles. The summed E-state index contributed by atoms with van der Waals surface area (Å²) in [5.41, 5.74) is 1.75. The van der Waals surface area contributed by atoms with E-state index in [4.69, 9.17) is 21.4 Å². The molecule has 0 fully saturated rings. The molecule has 7 heteroatoms. The lowest BCUT2D eigenvalue weighted by Gasteiger charge is -2.08. The van der Waals surface area contributed by atoms with Gasteiger partial charge in [0.2, 0.25) is 0 Å². The van der Waals surface area contributed by atoms with Crippen LogP contribution in [0.1, 0.15) is 13.3 Å². The molecule has 0 unspecified atom stereocenters. The normalized spacial score (nSPS) is 11.1. The fourth-order valence-corrected chi connectivity index (χ4v) is 2.92. The number of aliphatic carboxylic acids is 1. The van der Waals surface area contributed by atoms with E-state index in [2.05, 4.69) is 4.98 Å². The smallest absolute Gasteiger partial charge is 0.313 e. The monoisotopic (exact) mass is 328 g/mol. The third-order valence-electron chi connectivity index (χ3n) is 2.87. The number of hydrogen-bond donors (Lipinski definition) is 1. The van der Waals surface area contributed by atoms with Crippen LogP contribution in [0.4, 0.5) is 0 Å². The summed E-state index contributed by atoms with van der Waals surface area (Å²) in [5.74, 6) is -0.867. The zero-order valence-corrected chi connectivity index (χ0v) is 13.3. The number of aryl methyl sites for hydroxylation is 1. The summed E-state index contributed by atoms with van der Waals surface area (Å²) in [5, 5.41) is 10.2. The molecule has 1 heterocycles. The number of hydrogen-bond acceptors (Lipinski definition) is 4. The number of nitrogens with zero attached hydrogens (tertiary/aromatic N) is 2. The molecule has 0 atom stereocenters. The van der Waals surface area contributed by atoms with Crippen molar-refractivity contribution in [2.24, 2.45) is 0 Å². The fourth-order valence-electron chi connectivity index (χ4n) is 2.00. The Morgan fingerprint density at radius 1 is 1.52 bits per heavy atom. The summed E-state index contributed by atoms with van der Waals surface area (Å²) < 4.78 is 7.35. The number of carboxylic acid groups (broad SMARTS) is 1. The highest BCUT2D eigenvalue weighted by Crippen LogP contribution is 2.26. The van der Waals surface area contributed by atoms with Crippen molar-refractivity contribution in [2.75, 3.05) is 19.0 Å². The van der Waals surface area contributed by atoms with E-state index in [0.29, 0.717) is 23.4 Å². The van der Waals surface area contributed by atoms with Crippen molar-refractivity contribution >= 4 is 40.4 Å². The average molecular weight is 329 g/mol. The summed E-state index contributed by atoms with van der Waals surface area (Å²) in [6.45, 7) is 4.04. The van der Waals surface area contributed by atoms with Gasteiger partial charge in [0, 0.05) is 24.8 Å². The molecule has 21 heavy (non-hydrogen) atoms. The van der Waals surface area contributed by atoms with Gasteiger partial charge in [-0.1, -0.05) is 23.4 Å². The predicted octanol–water partition coefficient (Wildman–Crippen LogP) is 3.29. The number of rotatable bonds is 8. The van der Waals surface area contributed by atoms with Gasteiger partial charge in [-0.05, 0) is 31.5 Å². The number of aromatic nitrogens is 2. The van der Waals surface area contributed by atoms with Crippen molar-refractivity contribution in [1.82, 2.24) is 9.55 Å². The topological polar surface area (TPSA) is 64.3 Å². The van der Waals surface area contributed by atoms with Crippen LogP contribution in [-0.2, 0) is 16.1 Å². The van der Waals surface area contributed by atoms with Crippen molar-refractivity contribution in [1.29, 1.82) is 0 Å². The van der Waals surface area contributed by atoms with Gasteiger partial charge in [-0.15, -0.1) is 0 Å². The van der Waals surface area contributed by atoms with Crippen LogP contribution in [-0.4, -0.2) is 39.6 Å². The molecule has 114 valence electrons. The van der Waals surface area contributed by atoms with Gasteiger partial charge in [0.25, 0.3) is 0 Å². The number of benzene rings is 1. The lowest BCUT2D eigenvalue weighted by atomic mass is 10.3. The first-order valence-corrected chi connectivity index (χ1v) is 8.06. The minimum absolute atomic E-state index is 0.0114. The zero-order valence-electron chi connectivity index (χ0n) is 11.7. The van der Waals surface area contributed by atoms with Gasteiger partial charge >= 0.3 is 5.97 Å². The largest absolute Gasteiger partial charge is 0.481 e. The Balaban J connectivity index is 2.24. The van der Waals surface area contributed by atoms with Crippen LogP contribution in [0, 0.1) is 0 Å². The number of carbonyl (C=O) groups is 1. The number of carboxylic acids is 1. The second-order valence-electron chi connectivity index (χ2n) is 4.41. The highest BCUT2D eigenvalue weighted by molar-refractivity contribution is 7.99. The van der Waals surface area contributed by atoms with Gasteiger partial charge in [-0.2, -0.15) is 0 Å². The standard InChI is InChI=1S/C14H17ClN2O3S/c1-2-20-7-3-6-17-12-8-10(15)4-5-11(12)16-14(17)21-9-13(18)19/h4-5,8H,2-3,6-7,9H2,1H3,(H,18,19). The maximum Gasteiger partial charge on any atom is 0.313 e. The summed E-state index contributed by atoms with van der Waals surface area (Å²) in [4.78, 5) is 15.2. The number of halogens is 1. The zero-order chi connectivity index (χ0) is 15.2. The molecular weight excluding hydrogens is 312 g/mol. The molecule has 0 saturated heterocycles. The maximum absolute atomic E-state index is 10.8. The third-order valence-corrected chi connectivity index (χ3v) is 4.07. The summed E-state index contributed by atoms with van der Waals surface area (Å²) in [6, 6.07) is 5.49. The van der Waals surface area contributed by atoms with E-state index < -0.39 is 5.97 Å². The Kier molecular flexibility index (Phi) is 5.90. The molecule has 0 saturated carbocycles. The second-order valence-corrected chi connectivity index (χ2v) is 5.79. The molecular formula is C14H17ClN2O3S. The van der Waals surface area contributed by atoms with Gasteiger partial charge in [0.15, 0.2) is 5.16 Å². The van der Waals surface area contributed by atoms with Gasteiger partial charge in [-0.3, -0.25) is 4.79 Å². The Morgan fingerprint density at radius 2 is 2.33 bits per heavy atom. The lowest BCUT2D eigenvalue weighted by molar-refractivity contribution is -0.133. The summed E-state index contributed by atoms with van der Waals surface area (Å²) >= 11 is 7.26. The van der Waals surface area contributed by atoms with Crippen LogP contribution in [0.2, 0.25) is 5.02 Å². The quantitative estimate of drug-likeness (QED) is 0.595. The number of imidazole rings is 1. The molecule has 1 N–H and O–H groups in total. The molecule has 0 amide bonds. The van der Waals surface area contributed by atoms with Gasteiger partial charge in [0.05, 0.1) is 16.8 Å². The molecule has 2 aromatic rings. The maximum atomic E-state index is 10.8. The van der Waals surface area contributed by atoms with E-state index in [0.717, 1.165) is 24.0 Å². The molecule has 0 bridgehead atoms. The Labute approximate surface area is 132 Å². The van der Waals surface area contributed by atoms with E-state index >= 15 is 0 Å². The minimum Gasteiger partial charge on any atom is -0.481 e. The van der Waals surface area contributed by atoms with Gasteiger partial charge in [0.1, 0.15) is 0 Å². The van der Waals surface area contributed by atoms with Gasteiger partial charge in [-0.25, -0.2) is 4.98 Å². The lowest BCUT2D eigenvalue weighted by Crippen LogP contribution is -2.06. The second kappa shape index (κ2) is 7.68. The number of fused-ring (bicyclic) bond motifs is 1. The van der Waals surface area contributed by atoms with Crippen molar-refractivity contribution in [3.05, 3.63) is 23.2 Å². The van der Waals surface area contributed by atoms with Crippen LogP contribution in [0.5, 0.6) is 0 Å². The molecule has 0 aliphatic heterocycles. The minimum atomic E-state index is -0.856. The van der Waals surface area contributed by atoms with Crippen LogP contribution in [0.15, 0.2) is 23.4 Å². The average Bonchev–Trinajstić information content (AvgIpc) is 2.78. The molecule has 2 rings (SSSR count). The van der Waals surface area contributed by atoms with E-state index in [9.17, 15) is 4.79 Å². The highest BCUT2D eigenvalue weighted by atomic mass is 35.5. The Bertz CT molecular complexity index is 630. The first kappa shape index (κ1) is 16.1. The van der Waals surface area contributed by atoms with Crippen molar-refractivity contribution < 1.29 is 14.6 Å². The Morgan fingerprint density at radius 3 is 3.05 bits per heavy atom. The first-order chi connectivity index (χ1) is 10.1. The SMILES string of the molecule is CCOCCCn1c(SCC(=O)O)nc2ccc(Cl)cc21. The predicted molar refractivity (Wildman–Crippen MR) is 84.2 cm³/mol. The van der Waals surface area contributed by atoms with Crippen molar-refractivity contribution in [2.45, 2.75) is 25.0 Å². The summed E-state index contributed by atoms with van der Waals surface area (Å²) in [7, 11) is 0. The van der Waals surface area contributed by atoms with Crippen LogP contribution in [0.25, 0.3) is 11.0 Å². The third kappa shape index (κ3) is 4.36. The molecule has 1 aromatic carbocycles. The number of ether oxygens (including phenoxy) is 1. The van der Waals surface area contributed by atoms with Crippen molar-refractivity contribution in [3.63, 3.8) is 0 Å². The first-order valence-electron chi connectivity index (χ1n) is 6.70. The van der Waals surface area contributed by atoms with E-state index in [1.54, 1.807) is 6.07 Å². The van der Waals surface area contributed by atoms with E-state index in [1.807, 2.05) is 23.6 Å². The fraction of sp³-hybridized carbons (Fsp3) is 0.429. The molecule has 0 aliphatic rings. The molecule has 1 aromatic heterocycles. The van der Waals surface area contributed by atoms with E-state index in [1.165, 1.54) is 11.8 Å². The Hall–Kier alpha value is -1.24. The van der Waals surface area contributed by atoms with E-state index in [-0.39, 0.29) is 5.75 Å². The number of thioether (sulfide) groups is 1. The molecule has 0 spiro atoms. The summed E-state index contributed by atoms with van der Waals surface area (Å²) in [6.07, 6.45) is 0.840. The van der Waals surface area contributed by atoms with Crippen molar-refractivity contribution in [3.8, 4) is 0 Å². The van der Waals surface area contributed by atoms with Gasteiger partial charge < -0.3 is 14.4 Å². The highest BCUT2D eigenvalue weighted by Gasteiger charge is 2.13. The molecule has 0 radical (unpaired) electrons. The van der Waals surface area contributed by atoms with Crippen LogP contribution in [0.3, 0.4) is 0 Å². The molecule has 5 nitrogen and oxygen atoms in total. The van der Waals surface area contributed by atoms with Crippen LogP contribution >= 0.6 is 23.4 Å². The van der Waals surface area contributed by atoms with Crippen LogP contribution < -0.4 is 0 Å².